The van der Waals surface area contributed by atoms with Gasteiger partial charge in [0.2, 0.25) is 0 Å². The number of rotatable bonds is 5. The first-order valence-corrected chi connectivity index (χ1v) is 10.1. The average molecular weight is 403 g/mol. The molecule has 0 unspecified atom stereocenters. The largest absolute Gasteiger partial charge is 0.384 e. The van der Waals surface area contributed by atoms with Crippen molar-refractivity contribution in [1.82, 2.24) is 19.4 Å². The third-order valence-corrected chi connectivity index (χ3v) is 5.99. The predicted octanol–water partition coefficient (Wildman–Crippen LogP) is 0.156. The molecule has 2 aliphatic rings. The summed E-state index contributed by atoms with van der Waals surface area (Å²) in [7, 11) is 0. The molecule has 1 saturated heterocycles. The van der Waals surface area contributed by atoms with Crippen LogP contribution in [0.3, 0.4) is 0 Å². The van der Waals surface area contributed by atoms with Crippen LogP contribution in [0, 0.1) is 0 Å². The molecule has 1 saturated carbocycles. The van der Waals surface area contributed by atoms with Gasteiger partial charge in [0, 0.05) is 32.2 Å². The molecule has 0 atom stereocenters. The molecule has 28 heavy (non-hydrogen) atoms. The molecule has 2 fully saturated rings. The van der Waals surface area contributed by atoms with Crippen LogP contribution in [-0.2, 0) is 0 Å². The highest BCUT2D eigenvalue weighted by molar-refractivity contribution is 7.12. The summed E-state index contributed by atoms with van der Waals surface area (Å²) in [4.78, 5) is 55.8. The van der Waals surface area contributed by atoms with Crippen LogP contribution < -0.4 is 17.0 Å². The molecule has 10 heteroatoms. The zero-order valence-electron chi connectivity index (χ0n) is 15.2. The lowest BCUT2D eigenvalue weighted by Gasteiger charge is -2.34. The van der Waals surface area contributed by atoms with E-state index in [1.54, 1.807) is 11.0 Å². The fourth-order valence-electron chi connectivity index (χ4n) is 3.48. The number of ketones is 1. The van der Waals surface area contributed by atoms with Gasteiger partial charge in [0.05, 0.1) is 11.4 Å². The second-order valence-corrected chi connectivity index (χ2v) is 8.04. The standard InChI is InChI=1S/C18H21N5O4S/c19-15-14(16(25)20-18(27)23(15)11-3-4-11)12(24)10-21-5-7-22(8-6-21)17(26)13-2-1-9-28-13/h1-2,9,11H,3-8,10,19H2,(H,20,25,27). The molecule has 3 N–H and O–H groups in total. The summed E-state index contributed by atoms with van der Waals surface area (Å²) in [6, 6.07) is 3.60. The Hall–Kier alpha value is -2.72. The van der Waals surface area contributed by atoms with Crippen LogP contribution >= 0.6 is 11.3 Å². The van der Waals surface area contributed by atoms with Crippen LogP contribution in [0.2, 0.25) is 0 Å². The second-order valence-electron chi connectivity index (χ2n) is 7.09. The second kappa shape index (κ2) is 7.36. The van der Waals surface area contributed by atoms with Crippen molar-refractivity contribution in [1.29, 1.82) is 0 Å². The molecule has 0 aromatic carbocycles. The number of nitrogens with zero attached hydrogens (tertiary/aromatic N) is 3. The van der Waals surface area contributed by atoms with Gasteiger partial charge in [-0.3, -0.25) is 28.8 Å². The highest BCUT2D eigenvalue weighted by atomic mass is 32.1. The van der Waals surface area contributed by atoms with Gasteiger partial charge in [-0.05, 0) is 24.3 Å². The lowest BCUT2D eigenvalue weighted by Crippen LogP contribution is -2.50. The lowest BCUT2D eigenvalue weighted by molar-refractivity contribution is 0.0628. The van der Waals surface area contributed by atoms with Crippen molar-refractivity contribution in [3.63, 3.8) is 0 Å². The quantitative estimate of drug-likeness (QED) is 0.686. The first kappa shape index (κ1) is 18.6. The smallest absolute Gasteiger partial charge is 0.330 e. The number of piperazine rings is 1. The van der Waals surface area contributed by atoms with Gasteiger partial charge in [0.25, 0.3) is 11.5 Å². The fourth-order valence-corrected chi connectivity index (χ4v) is 4.17. The molecular weight excluding hydrogens is 382 g/mol. The molecule has 9 nitrogen and oxygen atoms in total. The van der Waals surface area contributed by atoms with Crippen molar-refractivity contribution in [2.45, 2.75) is 18.9 Å². The molecule has 1 aliphatic carbocycles. The van der Waals surface area contributed by atoms with Gasteiger partial charge >= 0.3 is 5.69 Å². The summed E-state index contributed by atoms with van der Waals surface area (Å²) < 4.78 is 1.31. The Morgan fingerprint density at radius 2 is 1.89 bits per heavy atom. The van der Waals surface area contributed by atoms with E-state index in [1.807, 2.05) is 16.3 Å². The topological polar surface area (TPSA) is 122 Å². The monoisotopic (exact) mass is 403 g/mol. The predicted molar refractivity (Wildman–Crippen MR) is 105 cm³/mol. The van der Waals surface area contributed by atoms with Gasteiger partial charge in [0.1, 0.15) is 11.4 Å². The van der Waals surface area contributed by atoms with Crippen LogP contribution in [-0.4, -0.2) is 63.8 Å². The van der Waals surface area contributed by atoms with E-state index < -0.39 is 17.0 Å². The average Bonchev–Trinajstić information content (AvgIpc) is 3.32. The number of carbonyl (C=O) groups is 2. The van der Waals surface area contributed by atoms with Crippen LogP contribution in [0.4, 0.5) is 5.82 Å². The molecule has 0 bridgehead atoms. The summed E-state index contributed by atoms with van der Waals surface area (Å²) in [6.07, 6.45) is 1.62. The van der Waals surface area contributed by atoms with Gasteiger partial charge in [-0.2, -0.15) is 0 Å². The minimum absolute atomic E-state index is 0.00169. The van der Waals surface area contributed by atoms with Gasteiger partial charge in [-0.1, -0.05) is 6.07 Å². The molecule has 0 radical (unpaired) electrons. The van der Waals surface area contributed by atoms with Gasteiger partial charge in [-0.15, -0.1) is 11.3 Å². The zero-order chi connectivity index (χ0) is 19.8. The van der Waals surface area contributed by atoms with Gasteiger partial charge in [0.15, 0.2) is 5.78 Å². The number of carbonyl (C=O) groups excluding carboxylic acids is 2. The SMILES string of the molecule is Nc1c(C(=O)CN2CCN(C(=O)c3cccs3)CC2)c(=O)[nH]c(=O)n1C1CC1. The van der Waals surface area contributed by atoms with E-state index in [2.05, 4.69) is 4.98 Å². The summed E-state index contributed by atoms with van der Waals surface area (Å²) in [5.41, 5.74) is 4.54. The number of hydrogen-bond acceptors (Lipinski definition) is 7. The number of aromatic nitrogens is 2. The zero-order valence-corrected chi connectivity index (χ0v) is 16.0. The highest BCUT2D eigenvalue weighted by Gasteiger charge is 2.31. The van der Waals surface area contributed by atoms with E-state index in [-0.39, 0.29) is 29.9 Å². The lowest BCUT2D eigenvalue weighted by atomic mass is 10.1. The van der Waals surface area contributed by atoms with Crippen molar-refractivity contribution in [3.05, 3.63) is 48.8 Å². The number of anilines is 1. The van der Waals surface area contributed by atoms with Crippen LogP contribution in [0.15, 0.2) is 27.1 Å². The first-order valence-electron chi connectivity index (χ1n) is 9.18. The van der Waals surface area contributed by atoms with Crippen molar-refractivity contribution < 1.29 is 9.59 Å². The summed E-state index contributed by atoms with van der Waals surface area (Å²) >= 11 is 1.41. The molecule has 2 aromatic heterocycles. The maximum Gasteiger partial charge on any atom is 0.330 e. The van der Waals surface area contributed by atoms with Crippen molar-refractivity contribution in [2.75, 3.05) is 38.5 Å². The van der Waals surface area contributed by atoms with Crippen LogP contribution in [0.25, 0.3) is 0 Å². The Morgan fingerprint density at radius 1 is 1.18 bits per heavy atom. The number of H-pyrrole nitrogens is 1. The molecular formula is C18H21N5O4S. The molecule has 2 aromatic rings. The third-order valence-electron chi connectivity index (χ3n) is 5.13. The van der Waals surface area contributed by atoms with Gasteiger partial charge in [-0.25, -0.2) is 4.79 Å². The number of Topliss-reactive ketones (excluding diaryl/α,β-unsaturated/α-hetero) is 1. The minimum atomic E-state index is -0.740. The van der Waals surface area contributed by atoms with E-state index in [9.17, 15) is 19.2 Å². The number of nitrogens with one attached hydrogen (secondary N) is 1. The van der Waals surface area contributed by atoms with Crippen LogP contribution in [0.1, 0.15) is 38.9 Å². The number of thiophene rings is 1. The molecule has 1 amide bonds. The van der Waals surface area contributed by atoms with E-state index in [0.717, 1.165) is 12.8 Å². The molecule has 1 aliphatic heterocycles. The normalized spacial score (nSPS) is 17.6. The highest BCUT2D eigenvalue weighted by Crippen LogP contribution is 2.35. The van der Waals surface area contributed by atoms with Crippen molar-refractivity contribution >= 4 is 28.8 Å². The fraction of sp³-hybridized carbons (Fsp3) is 0.444. The Balaban J connectivity index is 1.43. The number of nitrogens with two attached hydrogens (primary N) is 1. The Labute approximate surface area is 164 Å². The Bertz CT molecular complexity index is 1010. The van der Waals surface area contributed by atoms with Crippen LogP contribution in [0.5, 0.6) is 0 Å². The number of amides is 1. The maximum absolute atomic E-state index is 12.7. The first-order chi connectivity index (χ1) is 13.5. The maximum atomic E-state index is 12.7. The number of hydrogen-bond donors (Lipinski definition) is 2. The summed E-state index contributed by atoms with van der Waals surface area (Å²) in [5.74, 6) is -0.461. The molecule has 0 spiro atoms. The molecule has 3 heterocycles. The third kappa shape index (κ3) is 3.52. The van der Waals surface area contributed by atoms with Gasteiger partial charge < -0.3 is 10.6 Å². The minimum Gasteiger partial charge on any atom is -0.384 e. The molecule has 4 rings (SSSR count). The number of nitrogen functional groups attached to an aromatic ring is 1. The van der Waals surface area contributed by atoms with Crippen molar-refractivity contribution in [3.8, 4) is 0 Å². The Kier molecular flexibility index (Phi) is 4.90. The van der Waals surface area contributed by atoms with E-state index in [1.165, 1.54) is 15.9 Å². The number of aromatic amines is 1. The van der Waals surface area contributed by atoms with E-state index in [4.69, 9.17) is 5.73 Å². The molecule has 148 valence electrons. The Morgan fingerprint density at radius 3 is 2.50 bits per heavy atom. The summed E-state index contributed by atoms with van der Waals surface area (Å²) in [6.45, 7) is 2.11. The van der Waals surface area contributed by atoms with E-state index in [0.29, 0.717) is 31.1 Å². The van der Waals surface area contributed by atoms with E-state index >= 15 is 0 Å². The van der Waals surface area contributed by atoms with Crippen molar-refractivity contribution in [2.24, 2.45) is 0 Å². The summed E-state index contributed by atoms with van der Waals surface area (Å²) in [5, 5.41) is 1.87.